The minimum atomic E-state index is -1.13. The predicted octanol–water partition coefficient (Wildman–Crippen LogP) is -1.95. The molecule has 0 aromatic heterocycles. The number of nitrogens with one attached hydrogen (secondary N) is 3. The number of carbonyl (C=O) groups is 4. The number of carboxylic acid groups (broad SMARTS) is 1. The fourth-order valence-electron chi connectivity index (χ4n) is 2.91. The van der Waals surface area contributed by atoms with Crippen molar-refractivity contribution in [1.82, 2.24) is 20.9 Å². The summed E-state index contributed by atoms with van der Waals surface area (Å²) in [5.41, 5.74) is 0. The number of rotatable bonds is 6. The van der Waals surface area contributed by atoms with Crippen molar-refractivity contribution < 1.29 is 24.3 Å². The van der Waals surface area contributed by atoms with Crippen LogP contribution >= 0.6 is 0 Å². The van der Waals surface area contributed by atoms with Crippen LogP contribution in [-0.2, 0) is 19.2 Å². The van der Waals surface area contributed by atoms with Gasteiger partial charge in [-0.25, -0.2) is 0 Å². The molecule has 0 aliphatic carbocycles. The predicted molar refractivity (Wildman–Crippen MR) is 79.4 cm³/mol. The largest absolute Gasteiger partial charge is 0.480 e. The molecular weight excluding hydrogens is 304 g/mol. The molecule has 2 rings (SSSR count). The van der Waals surface area contributed by atoms with Crippen LogP contribution in [0.2, 0.25) is 0 Å². The zero-order valence-corrected chi connectivity index (χ0v) is 12.8. The first-order valence-corrected chi connectivity index (χ1v) is 7.79. The maximum absolute atomic E-state index is 12.2. The molecule has 0 saturated carbocycles. The van der Waals surface area contributed by atoms with Crippen LogP contribution in [-0.4, -0.2) is 72.0 Å². The lowest BCUT2D eigenvalue weighted by Crippen LogP contribution is -2.51. The van der Waals surface area contributed by atoms with Crippen LogP contribution in [0.5, 0.6) is 0 Å². The first-order chi connectivity index (χ1) is 11.0. The van der Waals surface area contributed by atoms with Gasteiger partial charge in [-0.3, -0.25) is 19.2 Å². The third-order valence-corrected chi connectivity index (χ3v) is 4.08. The molecular formula is C14H22N4O5. The van der Waals surface area contributed by atoms with Crippen LogP contribution in [0.3, 0.4) is 0 Å². The third kappa shape index (κ3) is 4.65. The minimum absolute atomic E-state index is 0.153. The zero-order valence-electron chi connectivity index (χ0n) is 12.8. The van der Waals surface area contributed by atoms with Gasteiger partial charge in [0.25, 0.3) is 0 Å². The second kappa shape index (κ2) is 7.91. The van der Waals surface area contributed by atoms with Crippen LogP contribution in [0.4, 0.5) is 0 Å². The number of likely N-dealkylation sites (tertiary alicyclic amines) is 1. The molecule has 0 aromatic carbocycles. The summed E-state index contributed by atoms with van der Waals surface area (Å²) in [6.07, 6.45) is 2.86. The van der Waals surface area contributed by atoms with E-state index in [1.165, 1.54) is 4.90 Å². The summed E-state index contributed by atoms with van der Waals surface area (Å²) in [5, 5.41) is 16.5. The monoisotopic (exact) mass is 326 g/mol. The van der Waals surface area contributed by atoms with Crippen LogP contribution in [0.1, 0.15) is 25.7 Å². The molecule has 2 heterocycles. The Balaban J connectivity index is 1.81. The Kier molecular flexibility index (Phi) is 5.91. The average molecular weight is 326 g/mol. The van der Waals surface area contributed by atoms with Gasteiger partial charge >= 0.3 is 5.97 Å². The maximum Gasteiger partial charge on any atom is 0.322 e. The van der Waals surface area contributed by atoms with Gasteiger partial charge in [0.2, 0.25) is 17.7 Å². The molecule has 0 spiro atoms. The molecule has 2 aliphatic rings. The van der Waals surface area contributed by atoms with E-state index in [0.717, 1.165) is 19.4 Å². The Morgan fingerprint density at radius 3 is 2.43 bits per heavy atom. The molecule has 9 heteroatoms. The van der Waals surface area contributed by atoms with Gasteiger partial charge in [0.15, 0.2) is 0 Å². The molecule has 128 valence electrons. The summed E-state index contributed by atoms with van der Waals surface area (Å²) in [5.74, 6) is -2.14. The number of carbonyl (C=O) groups excluding carboxylic acids is 3. The number of hydrogen-bond acceptors (Lipinski definition) is 5. The summed E-state index contributed by atoms with van der Waals surface area (Å²) in [6.45, 7) is 0.604. The highest BCUT2D eigenvalue weighted by atomic mass is 16.4. The van der Waals surface area contributed by atoms with Crippen molar-refractivity contribution in [3.63, 3.8) is 0 Å². The lowest BCUT2D eigenvalue weighted by molar-refractivity contribution is -0.141. The molecule has 23 heavy (non-hydrogen) atoms. The van der Waals surface area contributed by atoms with Gasteiger partial charge in [-0.2, -0.15) is 0 Å². The van der Waals surface area contributed by atoms with Crippen LogP contribution in [0.15, 0.2) is 0 Å². The molecule has 0 bridgehead atoms. The first kappa shape index (κ1) is 17.2. The van der Waals surface area contributed by atoms with Crippen molar-refractivity contribution >= 4 is 23.7 Å². The van der Waals surface area contributed by atoms with Gasteiger partial charge < -0.3 is 26.0 Å². The lowest BCUT2D eigenvalue weighted by Gasteiger charge is -2.24. The van der Waals surface area contributed by atoms with E-state index in [4.69, 9.17) is 5.11 Å². The Hall–Kier alpha value is -2.16. The Morgan fingerprint density at radius 2 is 1.78 bits per heavy atom. The van der Waals surface area contributed by atoms with Crippen molar-refractivity contribution in [2.45, 2.75) is 37.8 Å². The van der Waals surface area contributed by atoms with Gasteiger partial charge in [-0.15, -0.1) is 0 Å². The fourth-order valence-corrected chi connectivity index (χ4v) is 2.91. The van der Waals surface area contributed by atoms with Gasteiger partial charge in [0.1, 0.15) is 12.6 Å². The summed E-state index contributed by atoms with van der Waals surface area (Å²) in [4.78, 5) is 47.9. The highest BCUT2D eigenvalue weighted by Gasteiger charge is 2.34. The second-order valence-electron chi connectivity index (χ2n) is 5.72. The molecule has 0 radical (unpaired) electrons. The summed E-state index contributed by atoms with van der Waals surface area (Å²) in [6, 6.07) is -0.917. The van der Waals surface area contributed by atoms with E-state index < -0.39 is 24.5 Å². The smallest absolute Gasteiger partial charge is 0.322 e. The quantitative estimate of drug-likeness (QED) is 0.449. The summed E-state index contributed by atoms with van der Waals surface area (Å²) in [7, 11) is 0. The molecule has 2 fully saturated rings. The zero-order chi connectivity index (χ0) is 16.8. The van der Waals surface area contributed by atoms with E-state index in [1.807, 2.05) is 0 Å². The number of hydrogen-bond donors (Lipinski definition) is 4. The Labute approximate surface area is 133 Å². The number of carboxylic acids is 1. The fraction of sp³-hybridized carbons (Fsp3) is 0.714. The minimum Gasteiger partial charge on any atom is -0.480 e. The Morgan fingerprint density at radius 1 is 1.04 bits per heavy atom. The molecule has 3 amide bonds. The summed E-state index contributed by atoms with van der Waals surface area (Å²) >= 11 is 0. The summed E-state index contributed by atoms with van der Waals surface area (Å²) < 4.78 is 0. The molecule has 4 N–H and O–H groups in total. The maximum atomic E-state index is 12.2. The van der Waals surface area contributed by atoms with Crippen LogP contribution in [0.25, 0.3) is 0 Å². The topological polar surface area (TPSA) is 128 Å². The average Bonchev–Trinajstić information content (AvgIpc) is 3.20. The molecule has 9 nitrogen and oxygen atoms in total. The van der Waals surface area contributed by atoms with Gasteiger partial charge in [0.05, 0.1) is 12.6 Å². The molecule has 0 unspecified atom stereocenters. The highest BCUT2D eigenvalue weighted by molar-refractivity contribution is 5.92. The highest BCUT2D eigenvalue weighted by Crippen LogP contribution is 2.17. The van der Waals surface area contributed by atoms with Crippen LogP contribution < -0.4 is 16.0 Å². The SMILES string of the molecule is O=C(O)CNC(=O)[C@@H]1CCCN1C(=O)CNC(=O)[C@@H]1CCCN1. The number of amides is 3. The van der Waals surface area contributed by atoms with Crippen molar-refractivity contribution in [3.8, 4) is 0 Å². The third-order valence-electron chi connectivity index (χ3n) is 4.08. The standard InChI is InChI=1S/C14H22N4O5/c19-11(7-16-13(22)9-3-1-5-15-9)18-6-2-4-10(18)14(23)17-8-12(20)21/h9-10,15H,1-8H2,(H,16,22)(H,17,23)(H,20,21)/t9-,10-/m0/s1. The number of nitrogens with zero attached hydrogens (tertiary/aromatic N) is 1. The van der Waals surface area contributed by atoms with E-state index >= 15 is 0 Å². The van der Waals surface area contributed by atoms with E-state index in [-0.39, 0.29) is 24.4 Å². The van der Waals surface area contributed by atoms with Gasteiger partial charge in [-0.05, 0) is 32.2 Å². The number of aliphatic carboxylic acids is 1. The van der Waals surface area contributed by atoms with Crippen LogP contribution in [0, 0.1) is 0 Å². The van der Waals surface area contributed by atoms with Gasteiger partial charge in [-0.1, -0.05) is 0 Å². The molecule has 2 atom stereocenters. The van der Waals surface area contributed by atoms with Crippen molar-refractivity contribution in [2.75, 3.05) is 26.2 Å². The van der Waals surface area contributed by atoms with Crippen molar-refractivity contribution in [2.24, 2.45) is 0 Å². The molecule has 2 aliphatic heterocycles. The first-order valence-electron chi connectivity index (χ1n) is 7.79. The van der Waals surface area contributed by atoms with E-state index in [2.05, 4.69) is 16.0 Å². The molecule has 0 aromatic rings. The lowest BCUT2D eigenvalue weighted by atomic mass is 10.2. The van der Waals surface area contributed by atoms with Crippen molar-refractivity contribution in [3.05, 3.63) is 0 Å². The second-order valence-corrected chi connectivity index (χ2v) is 5.72. The normalized spacial score (nSPS) is 23.6. The van der Waals surface area contributed by atoms with E-state index in [1.54, 1.807) is 0 Å². The van der Waals surface area contributed by atoms with Gasteiger partial charge in [0, 0.05) is 6.54 Å². The Bertz CT molecular complexity index is 490. The molecule has 2 saturated heterocycles. The van der Waals surface area contributed by atoms with E-state index in [0.29, 0.717) is 19.4 Å². The van der Waals surface area contributed by atoms with Crippen molar-refractivity contribution in [1.29, 1.82) is 0 Å². The van der Waals surface area contributed by atoms with E-state index in [9.17, 15) is 19.2 Å².